The highest BCUT2D eigenvalue weighted by atomic mass is 32.2. The summed E-state index contributed by atoms with van der Waals surface area (Å²) in [7, 11) is 1.60. The molecule has 82 valence electrons. The van der Waals surface area contributed by atoms with Gasteiger partial charge in [-0.25, -0.2) is 0 Å². The second-order valence-electron chi connectivity index (χ2n) is 3.00. The molecular formula is C11H15NO2S. The quantitative estimate of drug-likeness (QED) is 0.614. The highest BCUT2D eigenvalue weighted by Gasteiger charge is 2.13. The van der Waals surface area contributed by atoms with Crippen LogP contribution in [0.4, 0.5) is 0 Å². The van der Waals surface area contributed by atoms with Crippen molar-refractivity contribution >= 4 is 17.5 Å². The van der Waals surface area contributed by atoms with Gasteiger partial charge in [0.05, 0.1) is 12.0 Å². The van der Waals surface area contributed by atoms with E-state index in [0.29, 0.717) is 18.5 Å². The topological polar surface area (TPSA) is 52.3 Å². The van der Waals surface area contributed by atoms with Gasteiger partial charge < -0.3 is 10.5 Å². The predicted molar refractivity (Wildman–Crippen MR) is 62.8 cm³/mol. The van der Waals surface area contributed by atoms with E-state index in [9.17, 15) is 4.79 Å². The number of thioether (sulfide) groups is 1. The predicted octanol–water partition coefficient (Wildman–Crippen LogP) is 1.95. The fourth-order valence-corrected chi connectivity index (χ4v) is 2.13. The van der Waals surface area contributed by atoms with Crippen LogP contribution in [0.1, 0.15) is 16.8 Å². The van der Waals surface area contributed by atoms with E-state index in [1.807, 2.05) is 24.5 Å². The lowest BCUT2D eigenvalue weighted by Gasteiger charge is -2.10. The maximum atomic E-state index is 11.7. The van der Waals surface area contributed by atoms with E-state index in [2.05, 4.69) is 0 Å². The van der Waals surface area contributed by atoms with E-state index >= 15 is 0 Å². The number of ketones is 1. The summed E-state index contributed by atoms with van der Waals surface area (Å²) in [6.07, 6.45) is 2.30. The first-order chi connectivity index (χ1) is 7.24. The van der Waals surface area contributed by atoms with Crippen molar-refractivity contribution in [1.29, 1.82) is 0 Å². The van der Waals surface area contributed by atoms with Gasteiger partial charge in [-0.1, -0.05) is 12.1 Å². The van der Waals surface area contributed by atoms with Crippen molar-refractivity contribution in [2.75, 3.05) is 19.9 Å². The Labute approximate surface area is 94.0 Å². The standard InChI is InChI=1S/C11H15NO2S/c1-14-10-5-3-4-8(11(10)15-2)9(13)6-7-12/h3-5H,6-7,12H2,1-2H3. The van der Waals surface area contributed by atoms with E-state index in [4.69, 9.17) is 10.5 Å². The first kappa shape index (κ1) is 12.1. The maximum Gasteiger partial charge on any atom is 0.165 e. The smallest absolute Gasteiger partial charge is 0.165 e. The SMILES string of the molecule is COc1cccc(C(=O)CCN)c1SC. The highest BCUT2D eigenvalue weighted by Crippen LogP contribution is 2.31. The summed E-state index contributed by atoms with van der Waals surface area (Å²) in [6, 6.07) is 5.49. The van der Waals surface area contributed by atoms with Crippen LogP contribution in [0.15, 0.2) is 23.1 Å². The van der Waals surface area contributed by atoms with Crippen LogP contribution in [0, 0.1) is 0 Å². The zero-order chi connectivity index (χ0) is 11.3. The van der Waals surface area contributed by atoms with Crippen molar-refractivity contribution < 1.29 is 9.53 Å². The molecule has 15 heavy (non-hydrogen) atoms. The maximum absolute atomic E-state index is 11.7. The summed E-state index contributed by atoms with van der Waals surface area (Å²) in [6.45, 7) is 0.379. The molecule has 0 aliphatic carbocycles. The summed E-state index contributed by atoms with van der Waals surface area (Å²) in [4.78, 5) is 12.6. The Balaban J connectivity index is 3.11. The minimum Gasteiger partial charge on any atom is -0.496 e. The van der Waals surface area contributed by atoms with Crippen molar-refractivity contribution in [3.8, 4) is 5.75 Å². The molecule has 0 saturated carbocycles. The molecule has 0 heterocycles. The van der Waals surface area contributed by atoms with Gasteiger partial charge in [0, 0.05) is 12.0 Å². The first-order valence-corrected chi connectivity index (χ1v) is 5.91. The second kappa shape index (κ2) is 5.78. The molecule has 0 fully saturated rings. The van der Waals surface area contributed by atoms with Gasteiger partial charge in [0.2, 0.25) is 0 Å². The molecule has 1 rings (SSSR count). The third-order valence-corrected chi connectivity index (χ3v) is 2.90. The third kappa shape index (κ3) is 2.73. The van der Waals surface area contributed by atoms with E-state index in [1.54, 1.807) is 7.11 Å². The van der Waals surface area contributed by atoms with Gasteiger partial charge in [0.1, 0.15) is 5.75 Å². The molecule has 1 aromatic carbocycles. The molecule has 0 radical (unpaired) electrons. The number of carbonyl (C=O) groups excluding carboxylic acids is 1. The fraction of sp³-hybridized carbons (Fsp3) is 0.364. The Bertz CT molecular complexity index is 352. The van der Waals surface area contributed by atoms with Crippen LogP contribution in [0.25, 0.3) is 0 Å². The van der Waals surface area contributed by atoms with Crippen LogP contribution >= 0.6 is 11.8 Å². The van der Waals surface area contributed by atoms with Crippen LogP contribution in [0.2, 0.25) is 0 Å². The molecule has 0 aliphatic rings. The molecule has 0 aromatic heterocycles. The summed E-state index contributed by atoms with van der Waals surface area (Å²) in [5, 5.41) is 0. The van der Waals surface area contributed by atoms with Crippen molar-refractivity contribution in [2.45, 2.75) is 11.3 Å². The third-order valence-electron chi connectivity index (χ3n) is 2.07. The zero-order valence-corrected chi connectivity index (χ0v) is 9.76. The van der Waals surface area contributed by atoms with Crippen molar-refractivity contribution in [3.05, 3.63) is 23.8 Å². The number of rotatable bonds is 5. The van der Waals surface area contributed by atoms with E-state index in [-0.39, 0.29) is 5.78 Å². The minimum absolute atomic E-state index is 0.0701. The van der Waals surface area contributed by atoms with Gasteiger partial charge in [0.25, 0.3) is 0 Å². The van der Waals surface area contributed by atoms with Crippen LogP contribution in [0.5, 0.6) is 5.75 Å². The van der Waals surface area contributed by atoms with Crippen LogP contribution in [-0.4, -0.2) is 25.7 Å². The van der Waals surface area contributed by atoms with Gasteiger partial charge in [-0.3, -0.25) is 4.79 Å². The van der Waals surface area contributed by atoms with Crippen molar-refractivity contribution in [1.82, 2.24) is 0 Å². The molecule has 2 N–H and O–H groups in total. The summed E-state index contributed by atoms with van der Waals surface area (Å²) >= 11 is 1.51. The average Bonchev–Trinajstić information content (AvgIpc) is 2.28. The van der Waals surface area contributed by atoms with Gasteiger partial charge in [-0.2, -0.15) is 0 Å². The number of hydrogen-bond donors (Lipinski definition) is 1. The molecule has 0 saturated heterocycles. The van der Waals surface area contributed by atoms with Gasteiger partial charge in [-0.15, -0.1) is 11.8 Å². The Morgan fingerprint density at radius 1 is 1.53 bits per heavy atom. The number of methoxy groups -OCH3 is 1. The molecule has 0 aliphatic heterocycles. The second-order valence-corrected chi connectivity index (χ2v) is 3.82. The number of hydrogen-bond acceptors (Lipinski definition) is 4. The molecular weight excluding hydrogens is 210 g/mol. The van der Waals surface area contributed by atoms with Gasteiger partial charge >= 0.3 is 0 Å². The Morgan fingerprint density at radius 2 is 2.27 bits per heavy atom. The van der Waals surface area contributed by atoms with E-state index in [1.165, 1.54) is 11.8 Å². The van der Waals surface area contributed by atoms with E-state index < -0.39 is 0 Å². The highest BCUT2D eigenvalue weighted by molar-refractivity contribution is 7.98. The summed E-state index contributed by atoms with van der Waals surface area (Å²) in [5.41, 5.74) is 6.07. The Morgan fingerprint density at radius 3 is 2.80 bits per heavy atom. The van der Waals surface area contributed by atoms with E-state index in [0.717, 1.165) is 10.6 Å². The Kier molecular flexibility index (Phi) is 4.65. The van der Waals surface area contributed by atoms with Crippen LogP contribution < -0.4 is 10.5 Å². The molecule has 0 spiro atoms. The number of benzene rings is 1. The molecule has 4 heteroatoms. The minimum atomic E-state index is 0.0701. The van der Waals surface area contributed by atoms with Crippen molar-refractivity contribution in [3.63, 3.8) is 0 Å². The van der Waals surface area contributed by atoms with Crippen LogP contribution in [0.3, 0.4) is 0 Å². The zero-order valence-electron chi connectivity index (χ0n) is 8.95. The lowest BCUT2D eigenvalue weighted by molar-refractivity contribution is 0.0982. The summed E-state index contributed by atoms with van der Waals surface area (Å²) in [5.74, 6) is 0.811. The molecule has 1 aromatic rings. The average molecular weight is 225 g/mol. The largest absolute Gasteiger partial charge is 0.496 e. The molecule has 3 nitrogen and oxygen atoms in total. The Hall–Kier alpha value is -1.00. The summed E-state index contributed by atoms with van der Waals surface area (Å²) < 4.78 is 5.20. The van der Waals surface area contributed by atoms with Gasteiger partial charge in [-0.05, 0) is 18.9 Å². The van der Waals surface area contributed by atoms with Gasteiger partial charge in [0.15, 0.2) is 5.78 Å². The first-order valence-electron chi connectivity index (χ1n) is 4.68. The number of carbonyl (C=O) groups is 1. The van der Waals surface area contributed by atoms with Crippen LogP contribution in [-0.2, 0) is 0 Å². The molecule has 0 unspecified atom stereocenters. The molecule has 0 bridgehead atoms. The number of Topliss-reactive ketones (excluding diaryl/α,β-unsaturated/α-hetero) is 1. The monoisotopic (exact) mass is 225 g/mol. The molecule has 0 atom stereocenters. The fourth-order valence-electron chi connectivity index (χ4n) is 1.37. The lowest BCUT2D eigenvalue weighted by atomic mass is 10.1. The normalized spacial score (nSPS) is 10.1. The lowest BCUT2D eigenvalue weighted by Crippen LogP contribution is -2.09. The molecule has 0 amide bonds. The number of ether oxygens (including phenoxy) is 1. The number of nitrogens with two attached hydrogens (primary N) is 1. The van der Waals surface area contributed by atoms with Crippen molar-refractivity contribution in [2.24, 2.45) is 5.73 Å².